The second kappa shape index (κ2) is 20.3. The molecule has 4 N–H and O–H groups in total. The van der Waals surface area contributed by atoms with E-state index >= 15 is 0 Å². The fourth-order valence-electron chi connectivity index (χ4n) is 4.36. The molecule has 0 aromatic heterocycles. The zero-order valence-corrected chi connectivity index (χ0v) is 27.2. The lowest BCUT2D eigenvalue weighted by Crippen LogP contribution is -2.52. The van der Waals surface area contributed by atoms with Crippen molar-refractivity contribution < 1.29 is 43.1 Å². The first kappa shape index (κ1) is 38.3. The first-order valence-corrected chi connectivity index (χ1v) is 15.4. The molecule has 16 heteroatoms. The van der Waals surface area contributed by atoms with E-state index in [1.807, 2.05) is 0 Å². The van der Waals surface area contributed by atoms with Gasteiger partial charge in [-0.25, -0.2) is 0 Å². The maximum absolute atomic E-state index is 13.0. The van der Waals surface area contributed by atoms with E-state index in [1.165, 1.54) is 16.8 Å². The van der Waals surface area contributed by atoms with E-state index in [9.17, 15) is 38.4 Å². The van der Waals surface area contributed by atoms with Crippen molar-refractivity contribution in [1.29, 1.82) is 0 Å². The highest BCUT2D eigenvalue weighted by molar-refractivity contribution is 6.01. The van der Waals surface area contributed by atoms with Gasteiger partial charge in [-0.1, -0.05) is 36.8 Å². The fraction of sp³-hybridized carbons (Fsp3) is 0.548. The normalized spacial score (nSPS) is 13.0. The molecule has 0 spiro atoms. The molecule has 1 atom stereocenters. The predicted octanol–water partition coefficient (Wildman–Crippen LogP) is -1.71. The Bertz CT molecular complexity index is 1260. The number of amides is 8. The van der Waals surface area contributed by atoms with Gasteiger partial charge in [0.1, 0.15) is 19.4 Å². The number of carbonyl (C=O) groups excluding carboxylic acids is 8. The SMILES string of the molecule is CN(C)C(=O)COCNC(=O)CNC(=O)[C@H](Cc1ccccc1)NC(=O)CN(C)C(=O)CNC(=O)CCCCCN1C(=O)CCC1=O. The summed E-state index contributed by atoms with van der Waals surface area (Å²) in [5, 5.41) is 10.0. The van der Waals surface area contributed by atoms with Gasteiger partial charge in [0.15, 0.2) is 0 Å². The van der Waals surface area contributed by atoms with Crippen LogP contribution < -0.4 is 21.3 Å². The number of benzene rings is 1. The van der Waals surface area contributed by atoms with Crippen LogP contribution >= 0.6 is 0 Å². The van der Waals surface area contributed by atoms with Crippen molar-refractivity contribution in [1.82, 2.24) is 36.0 Å². The van der Waals surface area contributed by atoms with E-state index in [0.29, 0.717) is 25.8 Å². The van der Waals surface area contributed by atoms with Gasteiger partial charge >= 0.3 is 0 Å². The summed E-state index contributed by atoms with van der Waals surface area (Å²) >= 11 is 0. The highest BCUT2D eigenvalue weighted by Gasteiger charge is 2.28. The summed E-state index contributed by atoms with van der Waals surface area (Å²) < 4.78 is 5.08. The molecule has 0 unspecified atom stereocenters. The number of hydrogen-bond donors (Lipinski definition) is 4. The summed E-state index contributed by atoms with van der Waals surface area (Å²) in [6, 6.07) is 7.85. The predicted molar refractivity (Wildman–Crippen MR) is 168 cm³/mol. The van der Waals surface area contributed by atoms with Gasteiger partial charge in [0.2, 0.25) is 47.3 Å². The van der Waals surface area contributed by atoms with Crippen LogP contribution in [0.1, 0.15) is 44.1 Å². The molecular formula is C31H45N7O9. The van der Waals surface area contributed by atoms with Crippen molar-refractivity contribution in [2.24, 2.45) is 0 Å². The van der Waals surface area contributed by atoms with E-state index in [0.717, 1.165) is 10.5 Å². The molecule has 1 aliphatic heterocycles. The molecule has 0 radical (unpaired) electrons. The Morgan fingerprint density at radius 1 is 0.809 bits per heavy atom. The van der Waals surface area contributed by atoms with E-state index in [-0.39, 0.29) is 75.7 Å². The van der Waals surface area contributed by atoms with Crippen molar-refractivity contribution in [3.8, 4) is 0 Å². The smallest absolute Gasteiger partial charge is 0.248 e. The molecule has 1 aromatic rings. The Labute approximate surface area is 273 Å². The Kier molecular flexibility index (Phi) is 16.6. The summed E-state index contributed by atoms with van der Waals surface area (Å²) in [5.41, 5.74) is 0.751. The van der Waals surface area contributed by atoms with Crippen molar-refractivity contribution in [2.75, 3.05) is 60.7 Å². The van der Waals surface area contributed by atoms with Gasteiger partial charge in [-0.3, -0.25) is 43.3 Å². The van der Waals surface area contributed by atoms with Crippen molar-refractivity contribution in [3.05, 3.63) is 35.9 Å². The van der Waals surface area contributed by atoms with Gasteiger partial charge in [0, 0.05) is 53.4 Å². The third-order valence-electron chi connectivity index (χ3n) is 7.14. The first-order chi connectivity index (χ1) is 22.4. The number of carbonyl (C=O) groups is 8. The van der Waals surface area contributed by atoms with Gasteiger partial charge in [0.25, 0.3) is 0 Å². The Morgan fingerprint density at radius 2 is 1.49 bits per heavy atom. The number of rotatable bonds is 20. The number of nitrogens with zero attached hydrogens (tertiary/aromatic N) is 3. The molecule has 258 valence electrons. The van der Waals surface area contributed by atoms with Crippen LogP contribution in [-0.4, -0.2) is 129 Å². The summed E-state index contributed by atoms with van der Waals surface area (Å²) in [7, 11) is 4.53. The fourth-order valence-corrected chi connectivity index (χ4v) is 4.36. The van der Waals surface area contributed by atoms with Crippen LogP contribution in [-0.2, 0) is 49.5 Å². The molecule has 1 heterocycles. The van der Waals surface area contributed by atoms with E-state index in [2.05, 4.69) is 21.3 Å². The summed E-state index contributed by atoms with van der Waals surface area (Å²) in [5.74, 6) is -3.29. The van der Waals surface area contributed by atoms with Gasteiger partial charge in [0.05, 0.1) is 19.6 Å². The van der Waals surface area contributed by atoms with Crippen LogP contribution in [0, 0.1) is 0 Å². The number of hydrogen-bond acceptors (Lipinski definition) is 9. The molecule has 0 bridgehead atoms. The van der Waals surface area contributed by atoms with E-state index in [4.69, 9.17) is 4.74 Å². The molecule has 8 amide bonds. The number of unbranched alkanes of at least 4 members (excludes halogenated alkanes) is 2. The van der Waals surface area contributed by atoms with Gasteiger partial charge in [-0.05, 0) is 18.4 Å². The second-order valence-corrected chi connectivity index (χ2v) is 11.2. The maximum Gasteiger partial charge on any atom is 0.248 e. The van der Waals surface area contributed by atoms with Crippen LogP contribution in [0.25, 0.3) is 0 Å². The number of likely N-dealkylation sites (N-methyl/N-ethyl adjacent to an activating group) is 2. The quantitative estimate of drug-likeness (QED) is 0.0714. The monoisotopic (exact) mass is 659 g/mol. The third-order valence-corrected chi connectivity index (χ3v) is 7.14. The minimum Gasteiger partial charge on any atom is -0.351 e. The van der Waals surface area contributed by atoms with Crippen molar-refractivity contribution in [2.45, 2.75) is 51.0 Å². The second-order valence-electron chi connectivity index (χ2n) is 11.2. The molecular weight excluding hydrogens is 614 g/mol. The average Bonchev–Trinajstić information content (AvgIpc) is 3.36. The van der Waals surface area contributed by atoms with E-state index < -0.39 is 36.2 Å². The highest BCUT2D eigenvalue weighted by atomic mass is 16.5. The zero-order valence-electron chi connectivity index (χ0n) is 27.2. The highest BCUT2D eigenvalue weighted by Crippen LogP contribution is 2.13. The third kappa shape index (κ3) is 14.9. The standard InChI is InChI=1S/C31H45N7O9/c1-36(2)30(45)20-47-21-34-25(40)17-33-31(46)23(16-22-10-6-4-7-11-22)35-26(41)19-37(3)29(44)18-32-24(39)12-8-5-9-15-38-27(42)13-14-28(38)43/h4,6-7,10-11,23H,5,8-9,12-21H2,1-3H3,(H,32,39)(H,33,46)(H,34,40)(H,35,41)/t23-/m0/s1. The lowest BCUT2D eigenvalue weighted by atomic mass is 10.1. The lowest BCUT2D eigenvalue weighted by molar-refractivity contribution is -0.138. The van der Waals surface area contributed by atoms with Crippen molar-refractivity contribution in [3.63, 3.8) is 0 Å². The zero-order chi connectivity index (χ0) is 34.8. The molecule has 2 rings (SSSR count). The van der Waals surface area contributed by atoms with Crippen LogP contribution in [0.3, 0.4) is 0 Å². The van der Waals surface area contributed by atoms with Crippen LogP contribution in [0.2, 0.25) is 0 Å². The van der Waals surface area contributed by atoms with Crippen LogP contribution in [0.15, 0.2) is 30.3 Å². The number of likely N-dealkylation sites (tertiary alicyclic amines) is 1. The summed E-state index contributed by atoms with van der Waals surface area (Å²) in [6.07, 6.45) is 2.52. The largest absolute Gasteiger partial charge is 0.351 e. The van der Waals surface area contributed by atoms with Gasteiger partial charge in [-0.2, -0.15) is 0 Å². The van der Waals surface area contributed by atoms with Gasteiger partial charge in [-0.15, -0.1) is 0 Å². The topological polar surface area (TPSA) is 204 Å². The number of imide groups is 1. The molecule has 0 aliphatic carbocycles. The first-order valence-electron chi connectivity index (χ1n) is 15.4. The molecule has 1 saturated heterocycles. The number of nitrogens with one attached hydrogen (secondary N) is 4. The average molecular weight is 660 g/mol. The Balaban J connectivity index is 1.75. The molecule has 1 aliphatic rings. The van der Waals surface area contributed by atoms with Crippen LogP contribution in [0.4, 0.5) is 0 Å². The van der Waals surface area contributed by atoms with E-state index in [1.54, 1.807) is 44.4 Å². The molecule has 0 saturated carbocycles. The summed E-state index contributed by atoms with van der Waals surface area (Å²) in [6.45, 7) is -1.22. The Morgan fingerprint density at radius 3 is 2.15 bits per heavy atom. The number of ether oxygens (including phenoxy) is 1. The lowest BCUT2D eigenvalue weighted by Gasteiger charge is -2.21. The summed E-state index contributed by atoms with van der Waals surface area (Å²) in [4.78, 5) is 101. The molecule has 1 aromatic carbocycles. The minimum atomic E-state index is -1.06. The van der Waals surface area contributed by atoms with Gasteiger partial charge < -0.3 is 35.8 Å². The van der Waals surface area contributed by atoms with Crippen molar-refractivity contribution >= 4 is 47.3 Å². The van der Waals surface area contributed by atoms with Crippen LogP contribution in [0.5, 0.6) is 0 Å². The minimum absolute atomic E-state index is 0.119. The molecule has 47 heavy (non-hydrogen) atoms. The Hall–Kier alpha value is -4.86. The maximum atomic E-state index is 13.0. The molecule has 1 fully saturated rings. The molecule has 16 nitrogen and oxygen atoms in total.